The fourth-order valence-corrected chi connectivity index (χ4v) is 0.894. The summed E-state index contributed by atoms with van der Waals surface area (Å²) in [7, 11) is 0. The molecule has 7 heteroatoms. The van der Waals surface area contributed by atoms with Gasteiger partial charge in [0.05, 0.1) is 0 Å². The van der Waals surface area contributed by atoms with Gasteiger partial charge in [0.1, 0.15) is 17.2 Å². The number of phenolic OH excluding ortho intramolecular Hbond substituents is 2. The lowest BCUT2D eigenvalue weighted by molar-refractivity contribution is 0.246. The minimum absolute atomic E-state index is 0.0331. The van der Waals surface area contributed by atoms with Gasteiger partial charge in [-0.2, -0.15) is 0 Å². The van der Waals surface area contributed by atoms with Gasteiger partial charge in [-0.3, -0.25) is 5.43 Å². The number of nitrogens with one attached hydrogen (secondary N) is 1. The van der Waals surface area contributed by atoms with Crippen molar-refractivity contribution in [2.75, 3.05) is 5.01 Å². The number of rotatable bonds is 1. The van der Waals surface area contributed by atoms with Gasteiger partial charge in [-0.25, -0.2) is 21.5 Å². The van der Waals surface area contributed by atoms with Crippen molar-refractivity contribution in [2.24, 2.45) is 11.7 Å². The third-order valence-corrected chi connectivity index (χ3v) is 1.56. The minimum Gasteiger partial charge on any atom is -0.508 e. The lowest BCUT2D eigenvalue weighted by Gasteiger charge is -2.16. The van der Waals surface area contributed by atoms with Crippen LogP contribution in [0.1, 0.15) is 0 Å². The standard InChI is InChI=1S/C7H10N4O3/c8-10-7(14)11(9)5-2-1-4(12)3-6(5)13/h1-3,12-13H,8-9H2,(H,10,14). The highest BCUT2D eigenvalue weighted by Gasteiger charge is 2.13. The first-order valence-electron chi connectivity index (χ1n) is 3.63. The summed E-state index contributed by atoms with van der Waals surface area (Å²) in [6, 6.07) is 2.82. The fraction of sp³-hybridized carbons (Fsp3) is 0. The van der Waals surface area contributed by atoms with E-state index in [1.54, 1.807) is 5.43 Å². The summed E-state index contributed by atoms with van der Waals surface area (Å²) in [6.07, 6.45) is 0. The molecule has 0 aliphatic heterocycles. The van der Waals surface area contributed by atoms with Crippen LogP contribution in [0.4, 0.5) is 10.5 Å². The van der Waals surface area contributed by atoms with Crippen molar-refractivity contribution < 1.29 is 15.0 Å². The number of carbonyl (C=O) groups is 1. The van der Waals surface area contributed by atoms with Crippen molar-refractivity contribution in [3.8, 4) is 11.5 Å². The normalized spacial score (nSPS) is 9.57. The molecule has 0 saturated heterocycles. The number of aromatic hydroxyl groups is 2. The van der Waals surface area contributed by atoms with Gasteiger partial charge in [-0.15, -0.1) is 0 Å². The molecule has 1 rings (SSSR count). The van der Waals surface area contributed by atoms with Gasteiger partial charge in [-0.05, 0) is 12.1 Å². The molecular weight excluding hydrogens is 188 g/mol. The van der Waals surface area contributed by atoms with E-state index < -0.39 is 6.03 Å². The Morgan fingerprint density at radius 2 is 2.07 bits per heavy atom. The van der Waals surface area contributed by atoms with Crippen LogP contribution < -0.4 is 22.1 Å². The Labute approximate surface area is 79.5 Å². The topological polar surface area (TPSA) is 125 Å². The van der Waals surface area contributed by atoms with E-state index in [0.29, 0.717) is 5.01 Å². The van der Waals surface area contributed by atoms with Crippen molar-refractivity contribution in [3.05, 3.63) is 18.2 Å². The van der Waals surface area contributed by atoms with Crippen molar-refractivity contribution in [2.45, 2.75) is 0 Å². The summed E-state index contributed by atoms with van der Waals surface area (Å²) >= 11 is 0. The molecule has 0 radical (unpaired) electrons. The van der Waals surface area contributed by atoms with E-state index in [4.69, 9.17) is 16.8 Å². The maximum Gasteiger partial charge on any atom is 0.350 e. The molecule has 1 aromatic carbocycles. The number of nitrogens with two attached hydrogens (primary N) is 2. The highest BCUT2D eigenvalue weighted by molar-refractivity contribution is 5.91. The highest BCUT2D eigenvalue weighted by atomic mass is 16.3. The Morgan fingerprint density at radius 3 is 2.57 bits per heavy atom. The largest absolute Gasteiger partial charge is 0.508 e. The van der Waals surface area contributed by atoms with Crippen LogP contribution >= 0.6 is 0 Å². The number of benzene rings is 1. The van der Waals surface area contributed by atoms with E-state index in [9.17, 15) is 9.90 Å². The first-order chi connectivity index (χ1) is 6.56. The van der Waals surface area contributed by atoms with Gasteiger partial charge in [-0.1, -0.05) is 0 Å². The number of urea groups is 1. The van der Waals surface area contributed by atoms with Crippen LogP contribution in [0.15, 0.2) is 18.2 Å². The number of phenols is 2. The zero-order chi connectivity index (χ0) is 10.7. The van der Waals surface area contributed by atoms with E-state index in [1.165, 1.54) is 12.1 Å². The highest BCUT2D eigenvalue weighted by Crippen LogP contribution is 2.28. The number of hydrogen-bond donors (Lipinski definition) is 5. The number of amides is 2. The molecule has 7 nitrogen and oxygen atoms in total. The van der Waals surface area contributed by atoms with Crippen LogP contribution in [0.5, 0.6) is 11.5 Å². The van der Waals surface area contributed by atoms with Crippen LogP contribution in [0, 0.1) is 0 Å². The summed E-state index contributed by atoms with van der Waals surface area (Å²) in [4.78, 5) is 10.9. The molecule has 0 saturated carbocycles. The lowest BCUT2D eigenvalue weighted by Crippen LogP contribution is -2.47. The molecule has 0 unspecified atom stereocenters. The summed E-state index contributed by atoms with van der Waals surface area (Å²) in [5.41, 5.74) is 1.83. The molecule has 0 spiro atoms. The second-order valence-electron chi connectivity index (χ2n) is 2.49. The maximum atomic E-state index is 10.9. The van der Waals surface area contributed by atoms with Crippen molar-refractivity contribution in [3.63, 3.8) is 0 Å². The van der Waals surface area contributed by atoms with Crippen LogP contribution in [0.25, 0.3) is 0 Å². The van der Waals surface area contributed by atoms with E-state index in [1.807, 2.05) is 0 Å². The number of nitrogens with zero attached hydrogens (tertiary/aromatic N) is 1. The predicted octanol–water partition coefficient (Wildman–Crippen LogP) is -0.639. The zero-order valence-corrected chi connectivity index (χ0v) is 7.14. The minimum atomic E-state index is -0.786. The molecule has 0 aliphatic rings. The molecule has 0 aromatic heterocycles. The Hall–Kier alpha value is -1.99. The van der Waals surface area contributed by atoms with E-state index in [0.717, 1.165) is 6.07 Å². The monoisotopic (exact) mass is 198 g/mol. The molecule has 0 aliphatic carbocycles. The molecule has 0 heterocycles. The van der Waals surface area contributed by atoms with Crippen LogP contribution in [-0.4, -0.2) is 16.2 Å². The van der Waals surface area contributed by atoms with Gasteiger partial charge in [0.25, 0.3) is 0 Å². The molecule has 1 aromatic rings. The molecule has 76 valence electrons. The van der Waals surface area contributed by atoms with Gasteiger partial charge < -0.3 is 10.2 Å². The molecule has 0 bridgehead atoms. The average molecular weight is 198 g/mol. The molecule has 7 N–H and O–H groups in total. The smallest absolute Gasteiger partial charge is 0.350 e. The predicted molar refractivity (Wildman–Crippen MR) is 49.2 cm³/mol. The third kappa shape index (κ3) is 1.84. The van der Waals surface area contributed by atoms with Crippen molar-refractivity contribution >= 4 is 11.7 Å². The van der Waals surface area contributed by atoms with Gasteiger partial charge in [0, 0.05) is 6.07 Å². The second-order valence-corrected chi connectivity index (χ2v) is 2.49. The maximum absolute atomic E-state index is 10.9. The summed E-state index contributed by atoms with van der Waals surface area (Å²) < 4.78 is 0. The molecule has 0 atom stereocenters. The van der Waals surface area contributed by atoms with Gasteiger partial charge >= 0.3 is 6.03 Å². The van der Waals surface area contributed by atoms with E-state index in [-0.39, 0.29) is 17.2 Å². The van der Waals surface area contributed by atoms with E-state index >= 15 is 0 Å². The first kappa shape index (κ1) is 10.1. The lowest BCUT2D eigenvalue weighted by atomic mass is 10.2. The number of hydrazine groups is 2. The molecule has 2 amide bonds. The average Bonchev–Trinajstić information content (AvgIpc) is 2.15. The van der Waals surface area contributed by atoms with Crippen molar-refractivity contribution in [1.29, 1.82) is 0 Å². The molecular formula is C7H10N4O3. The summed E-state index contributed by atoms with van der Waals surface area (Å²) in [5, 5.41) is 18.9. The molecule has 0 fully saturated rings. The van der Waals surface area contributed by atoms with Gasteiger partial charge in [0.2, 0.25) is 0 Å². The Morgan fingerprint density at radius 1 is 1.43 bits per heavy atom. The number of carbonyl (C=O) groups excluding carboxylic acids is 1. The van der Waals surface area contributed by atoms with Crippen molar-refractivity contribution in [1.82, 2.24) is 5.43 Å². The zero-order valence-electron chi connectivity index (χ0n) is 7.14. The van der Waals surface area contributed by atoms with Crippen LogP contribution in [0.2, 0.25) is 0 Å². The number of hydrogen-bond acceptors (Lipinski definition) is 5. The van der Waals surface area contributed by atoms with E-state index in [2.05, 4.69) is 0 Å². The molecule has 14 heavy (non-hydrogen) atoms. The third-order valence-electron chi connectivity index (χ3n) is 1.56. The Balaban J connectivity index is 3.01. The Bertz CT molecular complexity index is 355. The number of anilines is 1. The summed E-state index contributed by atoms with van der Waals surface area (Å²) in [6.45, 7) is 0. The Kier molecular flexibility index (Phi) is 2.75. The first-order valence-corrected chi connectivity index (χ1v) is 3.63. The summed E-state index contributed by atoms with van der Waals surface area (Å²) in [5.74, 6) is 9.68. The van der Waals surface area contributed by atoms with Crippen LogP contribution in [-0.2, 0) is 0 Å². The second kappa shape index (κ2) is 3.81. The van der Waals surface area contributed by atoms with Crippen LogP contribution in [0.3, 0.4) is 0 Å². The van der Waals surface area contributed by atoms with Gasteiger partial charge in [0.15, 0.2) is 0 Å². The fourth-order valence-electron chi connectivity index (χ4n) is 0.894. The quantitative estimate of drug-likeness (QED) is 0.233. The SMILES string of the molecule is NNC(=O)N(N)c1ccc(O)cc1O.